The summed E-state index contributed by atoms with van der Waals surface area (Å²) in [5, 5.41) is 3.86. The lowest BCUT2D eigenvalue weighted by molar-refractivity contribution is -0.126. The summed E-state index contributed by atoms with van der Waals surface area (Å²) in [6.07, 6.45) is 5.93. The summed E-state index contributed by atoms with van der Waals surface area (Å²) in [5.41, 5.74) is 0.537. The molecule has 30 heavy (non-hydrogen) atoms. The van der Waals surface area contributed by atoms with Gasteiger partial charge >= 0.3 is 0 Å². The van der Waals surface area contributed by atoms with Crippen molar-refractivity contribution in [1.29, 1.82) is 0 Å². The van der Waals surface area contributed by atoms with Crippen LogP contribution >= 0.6 is 23.2 Å². The SMILES string of the molecule is O=C(NCCCN1CCCCC1)C1CCN(S(=O)(=O)Cc2ccc(Cl)cc2Cl)CC1. The lowest BCUT2D eigenvalue weighted by atomic mass is 9.97. The first kappa shape index (κ1) is 23.8. The number of hydrogen-bond donors (Lipinski definition) is 1. The molecule has 0 bridgehead atoms. The van der Waals surface area contributed by atoms with Crippen molar-refractivity contribution in [2.45, 2.75) is 44.3 Å². The fraction of sp³-hybridized carbons (Fsp3) is 0.667. The molecule has 168 valence electrons. The lowest BCUT2D eigenvalue weighted by Crippen LogP contribution is -2.43. The number of likely N-dealkylation sites (tertiary alicyclic amines) is 1. The Morgan fingerprint density at radius 2 is 1.77 bits per heavy atom. The first-order chi connectivity index (χ1) is 14.3. The third-order valence-corrected chi connectivity index (χ3v) is 8.38. The van der Waals surface area contributed by atoms with E-state index in [0.29, 0.717) is 48.1 Å². The summed E-state index contributed by atoms with van der Waals surface area (Å²) in [6.45, 7) is 4.77. The largest absolute Gasteiger partial charge is 0.356 e. The van der Waals surface area contributed by atoms with Gasteiger partial charge in [0, 0.05) is 35.6 Å². The molecule has 0 spiro atoms. The number of hydrogen-bond acceptors (Lipinski definition) is 4. The van der Waals surface area contributed by atoms with E-state index in [2.05, 4.69) is 10.2 Å². The van der Waals surface area contributed by atoms with E-state index in [4.69, 9.17) is 23.2 Å². The van der Waals surface area contributed by atoms with E-state index >= 15 is 0 Å². The fourth-order valence-electron chi connectivity index (χ4n) is 4.16. The van der Waals surface area contributed by atoms with Crippen molar-refractivity contribution in [3.8, 4) is 0 Å². The van der Waals surface area contributed by atoms with E-state index < -0.39 is 10.0 Å². The molecule has 1 amide bonds. The molecule has 3 rings (SSSR count). The Morgan fingerprint density at radius 3 is 2.43 bits per heavy atom. The van der Waals surface area contributed by atoms with Gasteiger partial charge in [0.05, 0.1) is 5.75 Å². The van der Waals surface area contributed by atoms with Gasteiger partial charge in [0.25, 0.3) is 0 Å². The molecule has 0 unspecified atom stereocenters. The molecule has 0 radical (unpaired) electrons. The van der Waals surface area contributed by atoms with Gasteiger partial charge in [-0.25, -0.2) is 12.7 Å². The number of nitrogens with one attached hydrogen (secondary N) is 1. The fourth-order valence-corrected chi connectivity index (χ4v) is 6.31. The van der Waals surface area contributed by atoms with Gasteiger partial charge in [0.15, 0.2) is 0 Å². The summed E-state index contributed by atoms with van der Waals surface area (Å²) in [4.78, 5) is 14.9. The second kappa shape index (κ2) is 11.1. The van der Waals surface area contributed by atoms with Crippen LogP contribution in [0.1, 0.15) is 44.1 Å². The molecule has 0 saturated carbocycles. The number of benzene rings is 1. The number of nitrogens with zero attached hydrogens (tertiary/aromatic N) is 2. The zero-order valence-corrected chi connectivity index (χ0v) is 19.6. The van der Waals surface area contributed by atoms with Crippen LogP contribution in [0.25, 0.3) is 0 Å². The highest BCUT2D eigenvalue weighted by atomic mass is 35.5. The molecule has 1 N–H and O–H groups in total. The van der Waals surface area contributed by atoms with Gasteiger partial charge in [-0.2, -0.15) is 0 Å². The Morgan fingerprint density at radius 1 is 1.07 bits per heavy atom. The minimum absolute atomic E-state index is 0.0476. The van der Waals surface area contributed by atoms with E-state index in [1.54, 1.807) is 18.2 Å². The molecule has 0 aliphatic carbocycles. The van der Waals surface area contributed by atoms with Gasteiger partial charge < -0.3 is 10.2 Å². The van der Waals surface area contributed by atoms with Crippen LogP contribution in [0.5, 0.6) is 0 Å². The summed E-state index contributed by atoms with van der Waals surface area (Å²) >= 11 is 12.0. The molecule has 0 aromatic heterocycles. The van der Waals surface area contributed by atoms with Gasteiger partial charge in [-0.05, 0) is 69.4 Å². The van der Waals surface area contributed by atoms with Gasteiger partial charge in [-0.15, -0.1) is 0 Å². The molecule has 9 heteroatoms. The second-order valence-electron chi connectivity index (χ2n) is 8.21. The maximum atomic E-state index is 12.8. The van der Waals surface area contributed by atoms with Gasteiger partial charge in [0.2, 0.25) is 15.9 Å². The van der Waals surface area contributed by atoms with Crippen molar-refractivity contribution in [1.82, 2.24) is 14.5 Å². The molecule has 2 aliphatic rings. The number of rotatable bonds is 8. The van der Waals surface area contributed by atoms with Gasteiger partial charge in [-0.1, -0.05) is 35.7 Å². The zero-order valence-electron chi connectivity index (χ0n) is 17.3. The van der Waals surface area contributed by atoms with Crippen LogP contribution in [-0.4, -0.2) is 62.8 Å². The monoisotopic (exact) mass is 475 g/mol. The molecule has 1 aromatic rings. The number of piperidine rings is 2. The molecular formula is C21H31Cl2N3O3S. The van der Waals surface area contributed by atoms with E-state index in [1.165, 1.54) is 36.7 Å². The van der Waals surface area contributed by atoms with Crippen LogP contribution in [0, 0.1) is 5.92 Å². The third-order valence-electron chi connectivity index (χ3n) is 5.97. The third kappa shape index (κ3) is 6.82. The number of carbonyl (C=O) groups excluding carboxylic acids is 1. The van der Waals surface area contributed by atoms with Gasteiger partial charge in [0.1, 0.15) is 0 Å². The summed E-state index contributed by atoms with van der Waals surface area (Å²) < 4.78 is 27.0. The molecule has 2 saturated heterocycles. The zero-order chi connectivity index (χ0) is 21.6. The van der Waals surface area contributed by atoms with Crippen molar-refractivity contribution in [2.75, 3.05) is 39.3 Å². The highest BCUT2D eigenvalue weighted by molar-refractivity contribution is 7.88. The van der Waals surface area contributed by atoms with Crippen LogP contribution in [0.15, 0.2) is 18.2 Å². The van der Waals surface area contributed by atoms with E-state index in [0.717, 1.165) is 13.0 Å². The molecule has 6 nitrogen and oxygen atoms in total. The quantitative estimate of drug-likeness (QED) is 0.583. The van der Waals surface area contributed by atoms with Crippen molar-refractivity contribution >= 4 is 39.1 Å². The van der Waals surface area contributed by atoms with Crippen molar-refractivity contribution in [2.24, 2.45) is 5.92 Å². The highest BCUT2D eigenvalue weighted by Crippen LogP contribution is 2.26. The Labute approximate surface area is 189 Å². The summed E-state index contributed by atoms with van der Waals surface area (Å²) in [7, 11) is -3.49. The standard InChI is InChI=1S/C21H31Cl2N3O3S/c22-19-6-5-18(20(23)15-19)16-30(28,29)26-13-7-17(8-14-26)21(27)24-9-4-12-25-10-2-1-3-11-25/h5-6,15,17H,1-4,7-14,16H2,(H,24,27). The van der Waals surface area contributed by atoms with E-state index in [-0.39, 0.29) is 17.6 Å². The first-order valence-corrected chi connectivity index (χ1v) is 13.1. The summed E-state index contributed by atoms with van der Waals surface area (Å²) in [5.74, 6) is -0.229. The first-order valence-electron chi connectivity index (χ1n) is 10.8. The van der Waals surface area contributed by atoms with Crippen LogP contribution in [0.3, 0.4) is 0 Å². The van der Waals surface area contributed by atoms with E-state index in [9.17, 15) is 13.2 Å². The Balaban J connectivity index is 1.40. The summed E-state index contributed by atoms with van der Waals surface area (Å²) in [6, 6.07) is 4.84. The Bertz CT molecular complexity index is 821. The topological polar surface area (TPSA) is 69.7 Å². The van der Waals surface area contributed by atoms with Crippen LogP contribution in [-0.2, 0) is 20.6 Å². The minimum Gasteiger partial charge on any atom is -0.356 e. The van der Waals surface area contributed by atoms with Crippen LogP contribution in [0.2, 0.25) is 10.0 Å². The van der Waals surface area contributed by atoms with Crippen LogP contribution < -0.4 is 5.32 Å². The van der Waals surface area contributed by atoms with E-state index in [1.807, 2.05) is 0 Å². The average molecular weight is 476 g/mol. The maximum absolute atomic E-state index is 12.8. The second-order valence-corrected chi connectivity index (χ2v) is 11.0. The number of amides is 1. The molecule has 1 aromatic carbocycles. The van der Waals surface area contributed by atoms with Crippen LogP contribution in [0.4, 0.5) is 0 Å². The minimum atomic E-state index is -3.49. The lowest BCUT2D eigenvalue weighted by Gasteiger charge is -2.31. The normalized spacial score (nSPS) is 19.7. The number of carbonyl (C=O) groups is 1. The molecule has 2 aliphatic heterocycles. The predicted octanol–water partition coefficient (Wildman–Crippen LogP) is 3.53. The average Bonchev–Trinajstić information content (AvgIpc) is 2.74. The Kier molecular flexibility index (Phi) is 8.83. The Hall–Kier alpha value is -0.860. The number of sulfonamides is 1. The molecular weight excluding hydrogens is 445 g/mol. The molecule has 2 fully saturated rings. The van der Waals surface area contributed by atoms with Gasteiger partial charge in [-0.3, -0.25) is 4.79 Å². The maximum Gasteiger partial charge on any atom is 0.223 e. The van der Waals surface area contributed by atoms with Crippen molar-refractivity contribution in [3.05, 3.63) is 33.8 Å². The highest BCUT2D eigenvalue weighted by Gasteiger charge is 2.31. The van der Waals surface area contributed by atoms with Crippen molar-refractivity contribution in [3.63, 3.8) is 0 Å². The van der Waals surface area contributed by atoms with Crippen molar-refractivity contribution < 1.29 is 13.2 Å². The molecule has 0 atom stereocenters. The predicted molar refractivity (Wildman–Crippen MR) is 121 cm³/mol. The molecule has 2 heterocycles. The smallest absolute Gasteiger partial charge is 0.223 e. The number of halogens is 2.